The van der Waals surface area contributed by atoms with Crippen molar-refractivity contribution in [3.63, 3.8) is 0 Å². The number of methoxy groups -OCH3 is 2. The lowest BCUT2D eigenvalue weighted by Gasteiger charge is -2.36. The van der Waals surface area contributed by atoms with E-state index in [9.17, 15) is 9.59 Å². The molecular weight excluding hydrogens is 410 g/mol. The molecule has 0 bridgehead atoms. The van der Waals surface area contributed by atoms with E-state index in [4.69, 9.17) is 14.2 Å². The number of rotatable bonds is 8. The van der Waals surface area contributed by atoms with Crippen LogP contribution in [0.1, 0.15) is 24.8 Å². The maximum absolute atomic E-state index is 13.0. The Morgan fingerprint density at radius 1 is 1.12 bits per heavy atom. The van der Waals surface area contributed by atoms with Crippen LogP contribution in [0.15, 0.2) is 18.2 Å². The third-order valence-corrected chi connectivity index (χ3v) is 6.85. The number of amides is 2. The minimum Gasteiger partial charge on any atom is -0.493 e. The topological polar surface area (TPSA) is 71.5 Å². The van der Waals surface area contributed by atoms with Crippen molar-refractivity contribution >= 4 is 11.8 Å². The fourth-order valence-electron chi connectivity index (χ4n) is 4.94. The summed E-state index contributed by atoms with van der Waals surface area (Å²) in [7, 11) is 3.23. The van der Waals surface area contributed by atoms with Crippen molar-refractivity contribution in [3.8, 4) is 11.5 Å². The number of nitrogens with zero attached hydrogens (tertiary/aromatic N) is 3. The molecule has 1 aromatic rings. The minimum absolute atomic E-state index is 0.0702. The van der Waals surface area contributed by atoms with Gasteiger partial charge < -0.3 is 24.0 Å². The number of ether oxygens (including phenoxy) is 3. The second-order valence-corrected chi connectivity index (χ2v) is 8.94. The van der Waals surface area contributed by atoms with Crippen molar-refractivity contribution < 1.29 is 23.8 Å². The smallest absolute Gasteiger partial charge is 0.228 e. The van der Waals surface area contributed by atoms with E-state index in [1.54, 1.807) is 14.2 Å². The van der Waals surface area contributed by atoms with E-state index in [-0.39, 0.29) is 17.7 Å². The Bertz CT molecular complexity index is 803. The van der Waals surface area contributed by atoms with E-state index >= 15 is 0 Å². The van der Waals surface area contributed by atoms with Crippen LogP contribution in [0.3, 0.4) is 0 Å². The summed E-state index contributed by atoms with van der Waals surface area (Å²) >= 11 is 0. The lowest BCUT2D eigenvalue weighted by atomic mass is 10.1. The first kappa shape index (κ1) is 22.9. The summed E-state index contributed by atoms with van der Waals surface area (Å²) in [6.07, 6.45) is 3.68. The molecule has 4 rings (SSSR count). The predicted molar refractivity (Wildman–Crippen MR) is 120 cm³/mol. The highest BCUT2D eigenvalue weighted by Crippen LogP contribution is 2.28. The highest BCUT2D eigenvalue weighted by Gasteiger charge is 2.37. The molecule has 0 aromatic heterocycles. The molecule has 0 unspecified atom stereocenters. The van der Waals surface area contributed by atoms with E-state index in [0.29, 0.717) is 37.1 Å². The van der Waals surface area contributed by atoms with Crippen LogP contribution in [0, 0.1) is 5.92 Å². The molecule has 3 aliphatic rings. The van der Waals surface area contributed by atoms with Gasteiger partial charge in [-0.1, -0.05) is 6.07 Å². The van der Waals surface area contributed by atoms with E-state index in [1.807, 2.05) is 28.0 Å². The van der Waals surface area contributed by atoms with Gasteiger partial charge in [-0.2, -0.15) is 0 Å². The first-order chi connectivity index (χ1) is 15.6. The molecule has 2 atom stereocenters. The van der Waals surface area contributed by atoms with Gasteiger partial charge in [0.15, 0.2) is 11.5 Å². The molecule has 2 amide bonds. The minimum atomic E-state index is -0.224. The average molecular weight is 446 g/mol. The quantitative estimate of drug-likeness (QED) is 0.603. The van der Waals surface area contributed by atoms with Crippen LogP contribution in [0.5, 0.6) is 11.5 Å². The van der Waals surface area contributed by atoms with Gasteiger partial charge >= 0.3 is 0 Å². The molecule has 8 nitrogen and oxygen atoms in total. The van der Waals surface area contributed by atoms with Crippen molar-refractivity contribution in [2.24, 2.45) is 5.92 Å². The Morgan fingerprint density at radius 2 is 1.91 bits per heavy atom. The van der Waals surface area contributed by atoms with E-state index in [2.05, 4.69) is 4.90 Å². The third-order valence-electron chi connectivity index (χ3n) is 6.85. The summed E-state index contributed by atoms with van der Waals surface area (Å²) in [6.45, 7) is 6.21. The van der Waals surface area contributed by atoms with Crippen molar-refractivity contribution in [2.45, 2.75) is 31.8 Å². The number of hydrogen-bond acceptors (Lipinski definition) is 6. The first-order valence-electron chi connectivity index (χ1n) is 11.7. The van der Waals surface area contributed by atoms with Crippen molar-refractivity contribution in [1.29, 1.82) is 0 Å². The van der Waals surface area contributed by atoms with E-state index in [0.717, 1.165) is 64.2 Å². The number of hydrogen-bond donors (Lipinski definition) is 0. The Labute approximate surface area is 190 Å². The van der Waals surface area contributed by atoms with Crippen molar-refractivity contribution in [2.75, 3.05) is 66.6 Å². The second-order valence-electron chi connectivity index (χ2n) is 8.94. The van der Waals surface area contributed by atoms with Crippen LogP contribution >= 0.6 is 0 Å². The van der Waals surface area contributed by atoms with Gasteiger partial charge in [-0.15, -0.1) is 0 Å². The average Bonchev–Trinajstić information content (AvgIpc) is 3.47. The lowest BCUT2D eigenvalue weighted by Crippen LogP contribution is -2.52. The molecule has 0 N–H and O–H groups in total. The van der Waals surface area contributed by atoms with Gasteiger partial charge in [0.05, 0.1) is 26.2 Å². The van der Waals surface area contributed by atoms with Crippen LogP contribution in [0.4, 0.5) is 0 Å². The summed E-state index contributed by atoms with van der Waals surface area (Å²) in [5.41, 5.74) is 1.08. The summed E-state index contributed by atoms with van der Waals surface area (Å²) in [5, 5.41) is 0. The highest BCUT2D eigenvalue weighted by atomic mass is 16.5. The number of benzene rings is 1. The van der Waals surface area contributed by atoms with Gasteiger partial charge in [-0.3, -0.25) is 14.5 Å². The number of carbonyl (C=O) groups excluding carboxylic acids is 2. The standard InChI is InChI=1S/C24H35N3O5/c1-30-21-6-5-18(14-22(21)31-2)7-8-27-16-19(15-23(27)28)24(29)26-11-9-25(10-12-26)17-20-4-3-13-32-20/h5-6,14,19-20H,3-4,7-13,15-17H2,1-2H3/t19-,20+/m1/s1. The second kappa shape index (κ2) is 10.5. The van der Waals surface area contributed by atoms with Crippen molar-refractivity contribution in [1.82, 2.24) is 14.7 Å². The van der Waals surface area contributed by atoms with Crippen LogP contribution < -0.4 is 9.47 Å². The summed E-state index contributed by atoms with van der Waals surface area (Å²) in [6, 6.07) is 5.81. The van der Waals surface area contributed by atoms with Crippen LogP contribution in [-0.4, -0.2) is 99.3 Å². The van der Waals surface area contributed by atoms with Gasteiger partial charge in [-0.25, -0.2) is 0 Å². The molecule has 0 radical (unpaired) electrons. The van der Waals surface area contributed by atoms with Gasteiger partial charge in [-0.05, 0) is 37.0 Å². The predicted octanol–water partition coefficient (Wildman–Crippen LogP) is 1.42. The molecule has 0 saturated carbocycles. The molecule has 1 aromatic carbocycles. The Hall–Kier alpha value is -2.32. The molecule has 0 spiro atoms. The lowest BCUT2D eigenvalue weighted by molar-refractivity contribution is -0.137. The monoisotopic (exact) mass is 445 g/mol. The maximum atomic E-state index is 13.0. The SMILES string of the molecule is COc1ccc(CCN2C[C@H](C(=O)N3CCN(C[C@@H]4CCCO4)CC3)CC2=O)cc1OC. The fourth-order valence-corrected chi connectivity index (χ4v) is 4.94. The van der Waals surface area contributed by atoms with Gasteiger partial charge in [0, 0.05) is 58.8 Å². The number of carbonyl (C=O) groups is 2. The van der Waals surface area contributed by atoms with Crippen LogP contribution in [0.2, 0.25) is 0 Å². The highest BCUT2D eigenvalue weighted by molar-refractivity contribution is 5.89. The third kappa shape index (κ3) is 5.35. The summed E-state index contributed by atoms with van der Waals surface area (Å²) in [4.78, 5) is 31.8. The van der Waals surface area contributed by atoms with Crippen LogP contribution in [-0.2, 0) is 20.7 Å². The maximum Gasteiger partial charge on any atom is 0.228 e. The van der Waals surface area contributed by atoms with Gasteiger partial charge in [0.1, 0.15) is 0 Å². The zero-order chi connectivity index (χ0) is 22.5. The summed E-state index contributed by atoms with van der Waals surface area (Å²) in [5.74, 6) is 1.35. The molecular formula is C24H35N3O5. The number of likely N-dealkylation sites (tertiary alicyclic amines) is 1. The Balaban J connectivity index is 1.24. The Morgan fingerprint density at radius 3 is 2.59 bits per heavy atom. The molecule has 3 fully saturated rings. The molecule has 3 aliphatic heterocycles. The molecule has 3 saturated heterocycles. The first-order valence-corrected chi connectivity index (χ1v) is 11.7. The van der Waals surface area contributed by atoms with Crippen LogP contribution in [0.25, 0.3) is 0 Å². The molecule has 0 aliphatic carbocycles. The zero-order valence-corrected chi connectivity index (χ0v) is 19.3. The van der Waals surface area contributed by atoms with E-state index in [1.165, 1.54) is 0 Å². The molecule has 176 valence electrons. The van der Waals surface area contributed by atoms with Gasteiger partial charge in [0.2, 0.25) is 11.8 Å². The van der Waals surface area contributed by atoms with Crippen molar-refractivity contribution in [3.05, 3.63) is 23.8 Å². The van der Waals surface area contributed by atoms with Gasteiger partial charge in [0.25, 0.3) is 0 Å². The number of piperazine rings is 1. The summed E-state index contributed by atoms with van der Waals surface area (Å²) < 4.78 is 16.4. The normalized spacial score (nSPS) is 24.2. The molecule has 8 heteroatoms. The fraction of sp³-hybridized carbons (Fsp3) is 0.667. The van der Waals surface area contributed by atoms with E-state index < -0.39 is 0 Å². The largest absolute Gasteiger partial charge is 0.493 e. The zero-order valence-electron chi connectivity index (χ0n) is 19.3. The Kier molecular flexibility index (Phi) is 7.52. The molecule has 32 heavy (non-hydrogen) atoms. The molecule has 3 heterocycles.